The van der Waals surface area contributed by atoms with Crippen LogP contribution in [0, 0.1) is 12.7 Å². The number of halogens is 1. The highest BCUT2D eigenvalue weighted by atomic mass is 19.1. The predicted molar refractivity (Wildman–Crippen MR) is 84.2 cm³/mol. The van der Waals surface area contributed by atoms with Crippen molar-refractivity contribution < 1.29 is 14.3 Å². The Bertz CT molecular complexity index is 632. The Balaban J connectivity index is 2.05. The minimum Gasteiger partial charge on any atom is -0.396 e. The van der Waals surface area contributed by atoms with E-state index in [1.165, 1.54) is 18.2 Å². The SMILES string of the molecule is Cc1cc(F)ccc1NC(=O)N[C@H](CCO)c1ccccc1. The highest BCUT2D eigenvalue weighted by molar-refractivity contribution is 5.90. The van der Waals surface area contributed by atoms with Crippen LogP contribution in [-0.4, -0.2) is 17.7 Å². The number of aliphatic hydroxyl groups excluding tert-OH is 1. The fourth-order valence-corrected chi connectivity index (χ4v) is 2.22. The number of urea groups is 1. The minimum atomic E-state index is -0.392. The van der Waals surface area contributed by atoms with Gasteiger partial charge < -0.3 is 15.7 Å². The van der Waals surface area contributed by atoms with E-state index in [-0.39, 0.29) is 18.5 Å². The highest BCUT2D eigenvalue weighted by Crippen LogP contribution is 2.18. The summed E-state index contributed by atoms with van der Waals surface area (Å²) in [5, 5.41) is 14.7. The first kappa shape index (κ1) is 16.0. The van der Waals surface area contributed by atoms with Crippen molar-refractivity contribution in [3.8, 4) is 0 Å². The van der Waals surface area contributed by atoms with Crippen LogP contribution in [0.3, 0.4) is 0 Å². The number of hydrogen-bond donors (Lipinski definition) is 3. The van der Waals surface area contributed by atoms with Gasteiger partial charge in [0.2, 0.25) is 0 Å². The van der Waals surface area contributed by atoms with Crippen LogP contribution in [0.4, 0.5) is 14.9 Å². The second kappa shape index (κ2) is 7.56. The molecule has 2 aromatic rings. The lowest BCUT2D eigenvalue weighted by Crippen LogP contribution is -2.33. The van der Waals surface area contributed by atoms with Crippen LogP contribution >= 0.6 is 0 Å². The second-order valence-corrected chi connectivity index (χ2v) is 5.03. The molecule has 0 unspecified atom stereocenters. The molecule has 0 spiro atoms. The summed E-state index contributed by atoms with van der Waals surface area (Å²) in [6.45, 7) is 1.69. The average Bonchev–Trinajstić information content (AvgIpc) is 2.50. The number of anilines is 1. The monoisotopic (exact) mass is 302 g/mol. The standard InChI is InChI=1S/C17H19FN2O2/c1-12-11-14(18)7-8-15(12)19-17(22)20-16(9-10-21)13-5-3-2-4-6-13/h2-8,11,16,21H,9-10H2,1H3,(H2,19,20,22)/t16-/m1/s1. The maximum atomic E-state index is 13.1. The Kier molecular flexibility index (Phi) is 5.49. The number of hydrogen-bond acceptors (Lipinski definition) is 2. The molecule has 2 amide bonds. The zero-order chi connectivity index (χ0) is 15.9. The molecule has 0 saturated heterocycles. The summed E-state index contributed by atoms with van der Waals surface area (Å²) in [7, 11) is 0. The predicted octanol–water partition coefficient (Wildman–Crippen LogP) is 3.38. The van der Waals surface area contributed by atoms with E-state index in [0.717, 1.165) is 5.56 Å². The van der Waals surface area contributed by atoms with Gasteiger partial charge >= 0.3 is 6.03 Å². The first-order valence-corrected chi connectivity index (χ1v) is 7.09. The molecule has 0 aromatic heterocycles. The van der Waals surface area contributed by atoms with Crippen LogP contribution in [0.5, 0.6) is 0 Å². The summed E-state index contributed by atoms with van der Waals surface area (Å²) in [4.78, 5) is 12.1. The Labute approximate surface area is 129 Å². The molecular weight excluding hydrogens is 283 g/mol. The van der Waals surface area contributed by atoms with Gasteiger partial charge in [0.1, 0.15) is 5.82 Å². The molecule has 22 heavy (non-hydrogen) atoms. The van der Waals surface area contributed by atoms with Gasteiger partial charge in [-0.3, -0.25) is 0 Å². The quantitative estimate of drug-likeness (QED) is 0.793. The molecule has 2 rings (SSSR count). The molecule has 1 atom stereocenters. The van der Waals surface area contributed by atoms with Crippen LogP contribution in [-0.2, 0) is 0 Å². The van der Waals surface area contributed by atoms with E-state index in [4.69, 9.17) is 5.11 Å². The minimum absolute atomic E-state index is 0.0323. The zero-order valence-electron chi connectivity index (χ0n) is 12.3. The van der Waals surface area contributed by atoms with Crippen LogP contribution in [0.1, 0.15) is 23.6 Å². The normalized spacial score (nSPS) is 11.8. The van der Waals surface area contributed by atoms with Gasteiger partial charge in [-0.2, -0.15) is 0 Å². The van der Waals surface area contributed by atoms with Crippen molar-refractivity contribution in [2.75, 3.05) is 11.9 Å². The van der Waals surface area contributed by atoms with Crippen LogP contribution in [0.15, 0.2) is 48.5 Å². The van der Waals surface area contributed by atoms with Gasteiger partial charge in [-0.15, -0.1) is 0 Å². The van der Waals surface area contributed by atoms with Crippen molar-refractivity contribution in [3.05, 3.63) is 65.5 Å². The fraction of sp³-hybridized carbons (Fsp3) is 0.235. The van der Waals surface area contributed by atoms with E-state index in [1.54, 1.807) is 6.92 Å². The number of nitrogens with one attached hydrogen (secondary N) is 2. The molecule has 0 aliphatic carbocycles. The number of aryl methyl sites for hydroxylation is 1. The van der Waals surface area contributed by atoms with Gasteiger partial charge in [0.15, 0.2) is 0 Å². The van der Waals surface area contributed by atoms with Gasteiger partial charge in [-0.25, -0.2) is 9.18 Å². The second-order valence-electron chi connectivity index (χ2n) is 5.03. The summed E-state index contributed by atoms with van der Waals surface area (Å²) in [6.07, 6.45) is 0.417. The topological polar surface area (TPSA) is 61.4 Å². The molecule has 3 N–H and O–H groups in total. The van der Waals surface area contributed by atoms with E-state index < -0.39 is 6.03 Å². The van der Waals surface area contributed by atoms with E-state index in [0.29, 0.717) is 17.7 Å². The molecule has 0 saturated carbocycles. The molecule has 116 valence electrons. The van der Waals surface area contributed by atoms with Crippen LogP contribution in [0.2, 0.25) is 0 Å². The first-order valence-electron chi connectivity index (χ1n) is 7.09. The molecule has 0 aliphatic heterocycles. The third-order valence-electron chi connectivity index (χ3n) is 3.36. The van der Waals surface area contributed by atoms with Crippen LogP contribution < -0.4 is 10.6 Å². The van der Waals surface area contributed by atoms with Gasteiger partial charge in [0.25, 0.3) is 0 Å². The molecule has 0 bridgehead atoms. The molecule has 0 fully saturated rings. The van der Waals surface area contributed by atoms with Crippen molar-refractivity contribution in [2.24, 2.45) is 0 Å². The number of rotatable bonds is 5. The lowest BCUT2D eigenvalue weighted by Gasteiger charge is -2.19. The van der Waals surface area contributed by atoms with Crippen molar-refractivity contribution >= 4 is 11.7 Å². The Hall–Kier alpha value is -2.40. The van der Waals surface area contributed by atoms with E-state index in [2.05, 4.69) is 10.6 Å². The fourth-order valence-electron chi connectivity index (χ4n) is 2.22. The Morgan fingerprint density at radius 2 is 1.95 bits per heavy atom. The molecule has 0 aliphatic rings. The van der Waals surface area contributed by atoms with Crippen molar-refractivity contribution in [1.82, 2.24) is 5.32 Å². The summed E-state index contributed by atoms with van der Waals surface area (Å²) < 4.78 is 13.1. The zero-order valence-corrected chi connectivity index (χ0v) is 12.3. The van der Waals surface area contributed by atoms with Crippen molar-refractivity contribution in [1.29, 1.82) is 0 Å². The number of amides is 2. The molecule has 4 nitrogen and oxygen atoms in total. The number of carbonyl (C=O) groups excluding carboxylic acids is 1. The molecule has 0 radical (unpaired) electrons. The first-order chi connectivity index (χ1) is 10.6. The van der Waals surface area contributed by atoms with Crippen molar-refractivity contribution in [2.45, 2.75) is 19.4 Å². The molecular formula is C17H19FN2O2. The van der Waals surface area contributed by atoms with Gasteiger partial charge in [-0.1, -0.05) is 30.3 Å². The highest BCUT2D eigenvalue weighted by Gasteiger charge is 2.14. The van der Waals surface area contributed by atoms with E-state index in [1.807, 2.05) is 30.3 Å². The summed E-state index contributed by atoms with van der Waals surface area (Å²) in [5.41, 5.74) is 2.12. The van der Waals surface area contributed by atoms with Crippen LogP contribution in [0.25, 0.3) is 0 Å². The Morgan fingerprint density at radius 1 is 1.23 bits per heavy atom. The van der Waals surface area contributed by atoms with Gasteiger partial charge in [-0.05, 0) is 42.7 Å². The van der Waals surface area contributed by atoms with Crippen molar-refractivity contribution in [3.63, 3.8) is 0 Å². The van der Waals surface area contributed by atoms with E-state index >= 15 is 0 Å². The number of aliphatic hydroxyl groups is 1. The Morgan fingerprint density at radius 3 is 2.59 bits per heavy atom. The van der Waals surface area contributed by atoms with Gasteiger partial charge in [0, 0.05) is 12.3 Å². The number of carbonyl (C=O) groups is 1. The lowest BCUT2D eigenvalue weighted by atomic mass is 10.0. The summed E-state index contributed by atoms with van der Waals surface area (Å²) >= 11 is 0. The summed E-state index contributed by atoms with van der Waals surface area (Å²) in [5.74, 6) is -0.342. The maximum absolute atomic E-state index is 13.1. The third kappa shape index (κ3) is 4.30. The average molecular weight is 302 g/mol. The molecule has 5 heteroatoms. The summed E-state index contributed by atoms with van der Waals surface area (Å²) in [6, 6.07) is 12.9. The third-order valence-corrected chi connectivity index (χ3v) is 3.36. The largest absolute Gasteiger partial charge is 0.396 e. The number of benzene rings is 2. The van der Waals surface area contributed by atoms with Gasteiger partial charge in [0.05, 0.1) is 6.04 Å². The maximum Gasteiger partial charge on any atom is 0.319 e. The molecule has 0 heterocycles. The van der Waals surface area contributed by atoms with E-state index in [9.17, 15) is 9.18 Å². The molecule has 2 aromatic carbocycles. The smallest absolute Gasteiger partial charge is 0.319 e. The lowest BCUT2D eigenvalue weighted by molar-refractivity contribution is 0.239.